The van der Waals surface area contributed by atoms with Crippen LogP contribution in [0.25, 0.3) is 11.4 Å². The number of likely N-dealkylation sites (tertiary alicyclic amines) is 1. The first kappa shape index (κ1) is 16.2. The molecule has 1 amide bonds. The summed E-state index contributed by atoms with van der Waals surface area (Å²) in [5.74, 6) is 1.21. The Labute approximate surface area is 140 Å². The van der Waals surface area contributed by atoms with Crippen molar-refractivity contribution in [1.29, 1.82) is 0 Å². The lowest BCUT2D eigenvalue weighted by Crippen LogP contribution is -2.35. The van der Waals surface area contributed by atoms with Crippen molar-refractivity contribution in [2.75, 3.05) is 20.2 Å². The van der Waals surface area contributed by atoms with Crippen molar-refractivity contribution in [1.82, 2.24) is 14.5 Å². The number of hydrogen-bond donors (Lipinski definition) is 0. The second-order valence-corrected chi connectivity index (χ2v) is 5.96. The quantitative estimate of drug-likeness (QED) is 0.860. The van der Waals surface area contributed by atoms with Crippen LogP contribution < -0.4 is 10.3 Å². The maximum Gasteiger partial charge on any atom is 0.254 e. The fourth-order valence-corrected chi connectivity index (χ4v) is 2.94. The van der Waals surface area contributed by atoms with Crippen LogP contribution in [-0.4, -0.2) is 40.6 Å². The summed E-state index contributed by atoms with van der Waals surface area (Å²) < 4.78 is 6.62. The van der Waals surface area contributed by atoms with Crippen molar-refractivity contribution >= 4 is 5.91 Å². The standard InChI is InChI=1S/C18H21N3O3/c1-13-11-16(22)21(12-17(23)20-9-3-4-10-20)18(19-13)14-5-7-15(24-2)8-6-14/h5-8,11H,3-4,9-10,12H2,1-2H3. The zero-order valence-electron chi connectivity index (χ0n) is 14.0. The first-order valence-electron chi connectivity index (χ1n) is 8.09. The van der Waals surface area contributed by atoms with E-state index in [9.17, 15) is 9.59 Å². The summed E-state index contributed by atoms with van der Waals surface area (Å²) in [4.78, 5) is 31.2. The fraction of sp³-hybridized carbons (Fsp3) is 0.389. The van der Waals surface area contributed by atoms with Crippen LogP contribution in [0.3, 0.4) is 0 Å². The Bertz CT molecular complexity index is 790. The number of carbonyl (C=O) groups excluding carboxylic acids is 1. The van der Waals surface area contributed by atoms with Gasteiger partial charge in [-0.3, -0.25) is 14.2 Å². The maximum absolute atomic E-state index is 12.5. The van der Waals surface area contributed by atoms with Crippen LogP contribution in [0.15, 0.2) is 35.1 Å². The topological polar surface area (TPSA) is 64.4 Å². The molecule has 0 unspecified atom stereocenters. The molecular weight excluding hydrogens is 306 g/mol. The molecule has 2 aromatic rings. The SMILES string of the molecule is COc1ccc(-c2nc(C)cc(=O)n2CC(=O)N2CCCC2)cc1. The molecule has 1 aromatic carbocycles. The van der Waals surface area contributed by atoms with Gasteiger partial charge in [0.25, 0.3) is 5.56 Å². The Morgan fingerprint density at radius 2 is 1.88 bits per heavy atom. The highest BCUT2D eigenvalue weighted by molar-refractivity contribution is 5.77. The lowest BCUT2D eigenvalue weighted by molar-refractivity contribution is -0.130. The Morgan fingerprint density at radius 3 is 2.50 bits per heavy atom. The molecule has 2 heterocycles. The monoisotopic (exact) mass is 327 g/mol. The van der Waals surface area contributed by atoms with E-state index in [1.54, 1.807) is 14.0 Å². The van der Waals surface area contributed by atoms with Crippen molar-refractivity contribution in [3.05, 3.63) is 46.4 Å². The van der Waals surface area contributed by atoms with Gasteiger partial charge in [-0.15, -0.1) is 0 Å². The first-order valence-corrected chi connectivity index (χ1v) is 8.09. The third kappa shape index (κ3) is 3.32. The summed E-state index contributed by atoms with van der Waals surface area (Å²) in [6.07, 6.45) is 2.05. The summed E-state index contributed by atoms with van der Waals surface area (Å²) in [6, 6.07) is 8.78. The van der Waals surface area contributed by atoms with E-state index in [1.807, 2.05) is 29.2 Å². The summed E-state index contributed by atoms with van der Waals surface area (Å²) in [6.45, 7) is 3.34. The highest BCUT2D eigenvalue weighted by atomic mass is 16.5. The molecule has 0 spiro atoms. The molecule has 3 rings (SSSR count). The normalized spacial score (nSPS) is 14.0. The average Bonchev–Trinajstić information content (AvgIpc) is 3.12. The third-order valence-corrected chi connectivity index (χ3v) is 4.24. The molecule has 1 aromatic heterocycles. The molecule has 1 aliphatic rings. The Hall–Kier alpha value is -2.63. The molecule has 24 heavy (non-hydrogen) atoms. The Kier molecular flexibility index (Phi) is 4.64. The number of ether oxygens (including phenoxy) is 1. The molecule has 126 valence electrons. The number of carbonyl (C=O) groups is 1. The molecule has 0 radical (unpaired) electrons. The summed E-state index contributed by atoms with van der Waals surface area (Å²) in [5, 5.41) is 0. The molecule has 0 atom stereocenters. The Balaban J connectivity index is 1.98. The van der Waals surface area contributed by atoms with Gasteiger partial charge in [0.15, 0.2) is 0 Å². The van der Waals surface area contributed by atoms with E-state index in [4.69, 9.17) is 4.74 Å². The second-order valence-electron chi connectivity index (χ2n) is 5.96. The van der Waals surface area contributed by atoms with E-state index < -0.39 is 0 Å². The predicted octanol–water partition coefficient (Wildman–Crippen LogP) is 1.85. The number of aromatic nitrogens is 2. The van der Waals surface area contributed by atoms with Gasteiger partial charge >= 0.3 is 0 Å². The second kappa shape index (κ2) is 6.86. The highest BCUT2D eigenvalue weighted by Crippen LogP contribution is 2.20. The minimum Gasteiger partial charge on any atom is -0.497 e. The molecule has 1 saturated heterocycles. The van der Waals surface area contributed by atoms with Crippen molar-refractivity contribution in [3.8, 4) is 17.1 Å². The molecule has 0 aliphatic carbocycles. The van der Waals surface area contributed by atoms with E-state index in [2.05, 4.69) is 4.98 Å². The number of methoxy groups -OCH3 is 1. The largest absolute Gasteiger partial charge is 0.497 e. The molecule has 0 bridgehead atoms. The summed E-state index contributed by atoms with van der Waals surface area (Å²) >= 11 is 0. The number of hydrogen-bond acceptors (Lipinski definition) is 4. The molecule has 6 heteroatoms. The predicted molar refractivity (Wildman–Crippen MR) is 91.0 cm³/mol. The minimum atomic E-state index is -0.208. The number of benzene rings is 1. The number of aryl methyl sites for hydroxylation is 1. The van der Waals surface area contributed by atoms with Gasteiger partial charge in [0.05, 0.1) is 7.11 Å². The van der Waals surface area contributed by atoms with Crippen LogP contribution in [0.5, 0.6) is 5.75 Å². The highest BCUT2D eigenvalue weighted by Gasteiger charge is 2.20. The van der Waals surface area contributed by atoms with Crippen LogP contribution in [0, 0.1) is 6.92 Å². The minimum absolute atomic E-state index is 0.0213. The van der Waals surface area contributed by atoms with E-state index in [0.29, 0.717) is 11.5 Å². The number of amides is 1. The zero-order valence-corrected chi connectivity index (χ0v) is 14.0. The van der Waals surface area contributed by atoms with Crippen molar-refractivity contribution in [2.45, 2.75) is 26.3 Å². The average molecular weight is 327 g/mol. The van der Waals surface area contributed by atoms with Crippen LogP contribution in [0.2, 0.25) is 0 Å². The van der Waals surface area contributed by atoms with Crippen molar-refractivity contribution < 1.29 is 9.53 Å². The Morgan fingerprint density at radius 1 is 1.21 bits per heavy atom. The van der Waals surface area contributed by atoms with Crippen LogP contribution in [0.4, 0.5) is 0 Å². The van der Waals surface area contributed by atoms with E-state index in [0.717, 1.165) is 37.2 Å². The molecule has 0 N–H and O–H groups in total. The van der Waals surface area contributed by atoms with Crippen molar-refractivity contribution in [2.24, 2.45) is 0 Å². The molecule has 0 saturated carbocycles. The summed E-state index contributed by atoms with van der Waals surface area (Å²) in [7, 11) is 1.60. The summed E-state index contributed by atoms with van der Waals surface area (Å²) in [5.41, 5.74) is 1.21. The first-order chi connectivity index (χ1) is 11.6. The fourth-order valence-electron chi connectivity index (χ4n) is 2.94. The van der Waals surface area contributed by atoms with Gasteiger partial charge in [-0.25, -0.2) is 4.98 Å². The van der Waals surface area contributed by atoms with Gasteiger partial charge in [0.1, 0.15) is 18.1 Å². The molecular formula is C18H21N3O3. The van der Waals surface area contributed by atoms with Gasteiger partial charge in [0.2, 0.25) is 5.91 Å². The lowest BCUT2D eigenvalue weighted by Gasteiger charge is -2.18. The maximum atomic E-state index is 12.5. The van der Waals surface area contributed by atoms with Gasteiger partial charge < -0.3 is 9.64 Å². The van der Waals surface area contributed by atoms with E-state index in [-0.39, 0.29) is 18.0 Å². The smallest absolute Gasteiger partial charge is 0.254 e. The number of rotatable bonds is 4. The molecule has 1 aliphatic heterocycles. The number of nitrogens with zero attached hydrogens (tertiary/aromatic N) is 3. The molecule has 6 nitrogen and oxygen atoms in total. The lowest BCUT2D eigenvalue weighted by atomic mass is 10.2. The molecule has 1 fully saturated rings. The van der Waals surface area contributed by atoms with Gasteiger partial charge in [-0.2, -0.15) is 0 Å². The van der Waals surface area contributed by atoms with E-state index in [1.165, 1.54) is 10.6 Å². The van der Waals surface area contributed by atoms with Gasteiger partial charge in [-0.05, 0) is 44.0 Å². The van der Waals surface area contributed by atoms with Gasteiger partial charge in [0, 0.05) is 30.4 Å². The van der Waals surface area contributed by atoms with Crippen LogP contribution >= 0.6 is 0 Å². The van der Waals surface area contributed by atoms with Crippen molar-refractivity contribution in [3.63, 3.8) is 0 Å². The van der Waals surface area contributed by atoms with Gasteiger partial charge in [-0.1, -0.05) is 0 Å². The zero-order chi connectivity index (χ0) is 17.1. The third-order valence-electron chi connectivity index (χ3n) is 4.24. The van der Waals surface area contributed by atoms with E-state index >= 15 is 0 Å². The van der Waals surface area contributed by atoms with Crippen LogP contribution in [-0.2, 0) is 11.3 Å². The van der Waals surface area contributed by atoms with Crippen LogP contribution in [0.1, 0.15) is 18.5 Å².